The van der Waals surface area contributed by atoms with E-state index in [0.29, 0.717) is 11.6 Å². The van der Waals surface area contributed by atoms with Gasteiger partial charge >= 0.3 is 0 Å². The van der Waals surface area contributed by atoms with Crippen LogP contribution in [0, 0.1) is 0 Å². The highest BCUT2D eigenvalue weighted by Gasteiger charge is 2.27. The van der Waals surface area contributed by atoms with E-state index in [1.807, 2.05) is 30.5 Å². The van der Waals surface area contributed by atoms with Crippen LogP contribution in [0.25, 0.3) is 0 Å². The van der Waals surface area contributed by atoms with Gasteiger partial charge in [0, 0.05) is 54.6 Å². The first-order valence-electron chi connectivity index (χ1n) is 9.89. The summed E-state index contributed by atoms with van der Waals surface area (Å²) in [6.07, 6.45) is 1.91. The lowest BCUT2D eigenvalue weighted by Crippen LogP contribution is -2.44. The molecule has 148 valence electrons. The van der Waals surface area contributed by atoms with Crippen LogP contribution in [0.15, 0.2) is 57.8 Å². The highest BCUT2D eigenvalue weighted by atomic mass is 35.5. The molecule has 1 aromatic heterocycles. The molecule has 7 heteroatoms. The standard InChI is InChI=1S/C22H23ClN6/c1-14-12-25-22-20(14)27-21(15-5-3-4-6-17(15)23)16-13-24-19(11-18(16)26-22)29-9-7-28(2)8-10-29/h3-6,11,13H,7-10,12H2,1-2H3,(H,25,26). The summed E-state index contributed by atoms with van der Waals surface area (Å²) in [6.45, 7) is 6.76. The highest BCUT2D eigenvalue weighted by molar-refractivity contribution is 6.36. The molecule has 0 amide bonds. The minimum absolute atomic E-state index is 0.669. The van der Waals surface area contributed by atoms with Crippen LogP contribution in [0.3, 0.4) is 0 Å². The number of anilines is 2. The number of rotatable bonds is 2. The molecule has 3 aliphatic rings. The van der Waals surface area contributed by atoms with Crippen LogP contribution >= 0.6 is 11.6 Å². The van der Waals surface area contributed by atoms with E-state index < -0.39 is 0 Å². The van der Waals surface area contributed by atoms with Gasteiger partial charge in [-0.05, 0) is 25.6 Å². The molecular weight excluding hydrogens is 384 g/mol. The number of aromatic nitrogens is 1. The fraction of sp³-hybridized carbons (Fsp3) is 0.318. The van der Waals surface area contributed by atoms with Crippen LogP contribution in [0.4, 0.5) is 11.5 Å². The van der Waals surface area contributed by atoms with Crippen molar-refractivity contribution in [1.29, 1.82) is 0 Å². The number of piperazine rings is 1. The molecule has 1 aromatic carbocycles. The molecule has 1 saturated heterocycles. The quantitative estimate of drug-likeness (QED) is 0.830. The van der Waals surface area contributed by atoms with Gasteiger partial charge in [0.2, 0.25) is 0 Å². The fourth-order valence-corrected chi connectivity index (χ4v) is 4.12. The highest BCUT2D eigenvalue weighted by Crippen LogP contribution is 2.32. The first-order chi connectivity index (χ1) is 14.1. The van der Waals surface area contributed by atoms with Crippen molar-refractivity contribution in [2.24, 2.45) is 9.98 Å². The summed E-state index contributed by atoms with van der Waals surface area (Å²) < 4.78 is 0. The first kappa shape index (κ1) is 18.3. The topological polar surface area (TPSA) is 56.1 Å². The van der Waals surface area contributed by atoms with E-state index in [0.717, 1.165) is 71.6 Å². The summed E-state index contributed by atoms with van der Waals surface area (Å²) >= 11 is 6.54. The van der Waals surface area contributed by atoms with E-state index in [2.05, 4.69) is 40.1 Å². The van der Waals surface area contributed by atoms with Crippen LogP contribution in [-0.4, -0.2) is 61.2 Å². The Morgan fingerprint density at radius 2 is 1.86 bits per heavy atom. The van der Waals surface area contributed by atoms with Crippen molar-refractivity contribution >= 4 is 34.7 Å². The largest absolute Gasteiger partial charge is 0.354 e. The second-order valence-electron chi connectivity index (χ2n) is 7.74. The van der Waals surface area contributed by atoms with Crippen molar-refractivity contribution in [3.8, 4) is 0 Å². The molecule has 1 N–H and O–H groups in total. The number of amidine groups is 1. The maximum Gasteiger partial charge on any atom is 0.152 e. The van der Waals surface area contributed by atoms with Gasteiger partial charge in [0.15, 0.2) is 5.84 Å². The van der Waals surface area contributed by atoms with Crippen molar-refractivity contribution in [1.82, 2.24) is 9.88 Å². The molecule has 0 atom stereocenters. The molecule has 0 aliphatic carbocycles. The monoisotopic (exact) mass is 406 g/mol. The summed E-state index contributed by atoms with van der Waals surface area (Å²) in [5.74, 6) is 1.80. The predicted molar refractivity (Wildman–Crippen MR) is 120 cm³/mol. The number of likely N-dealkylation sites (N-methyl/N-ethyl adjacent to an activating group) is 1. The minimum Gasteiger partial charge on any atom is -0.354 e. The third kappa shape index (κ3) is 3.32. The number of halogens is 1. The summed E-state index contributed by atoms with van der Waals surface area (Å²) in [5, 5.41) is 4.19. The molecule has 0 unspecified atom stereocenters. The lowest BCUT2D eigenvalue weighted by Gasteiger charge is -2.33. The second kappa shape index (κ2) is 7.28. The molecule has 6 nitrogen and oxygen atoms in total. The summed E-state index contributed by atoms with van der Waals surface area (Å²) in [5.41, 5.74) is 5.69. The van der Waals surface area contributed by atoms with Gasteiger partial charge in [0.1, 0.15) is 11.5 Å². The molecule has 5 rings (SSSR count). The van der Waals surface area contributed by atoms with Crippen LogP contribution < -0.4 is 10.2 Å². The van der Waals surface area contributed by atoms with Gasteiger partial charge in [-0.1, -0.05) is 29.8 Å². The predicted octanol–water partition coefficient (Wildman–Crippen LogP) is 3.44. The van der Waals surface area contributed by atoms with E-state index in [1.54, 1.807) is 0 Å². The van der Waals surface area contributed by atoms with E-state index in [1.165, 1.54) is 0 Å². The van der Waals surface area contributed by atoms with Gasteiger partial charge in [0.25, 0.3) is 0 Å². The SMILES string of the molecule is CC1=C2N=C(c3ccccc3Cl)c3cnc(N4CCN(C)CC4)cc3NC2=NC1. The third-order valence-corrected chi connectivity index (χ3v) is 6.01. The molecule has 0 saturated carbocycles. The Bertz CT molecular complexity index is 1060. The van der Waals surface area contributed by atoms with Gasteiger partial charge in [-0.2, -0.15) is 0 Å². The summed E-state index contributed by atoms with van der Waals surface area (Å²) in [7, 11) is 2.16. The Labute approximate surface area is 175 Å². The molecular formula is C22H23ClN6. The number of hydrogen-bond acceptors (Lipinski definition) is 6. The molecule has 0 bridgehead atoms. The van der Waals surface area contributed by atoms with Crippen molar-refractivity contribution in [2.75, 3.05) is 50.0 Å². The lowest BCUT2D eigenvalue weighted by atomic mass is 10.0. The summed E-state index contributed by atoms with van der Waals surface area (Å²) in [4.78, 5) is 19.1. The average molecular weight is 407 g/mol. The van der Waals surface area contributed by atoms with E-state index in [-0.39, 0.29) is 0 Å². The molecule has 2 aromatic rings. The average Bonchev–Trinajstić information content (AvgIpc) is 2.98. The molecule has 1 fully saturated rings. The Kier molecular flexibility index (Phi) is 4.60. The van der Waals surface area contributed by atoms with Gasteiger partial charge in [-0.3, -0.25) is 4.99 Å². The Hall–Kier alpha value is -2.70. The maximum atomic E-state index is 6.54. The fourth-order valence-electron chi connectivity index (χ4n) is 3.90. The van der Waals surface area contributed by atoms with Crippen LogP contribution in [-0.2, 0) is 0 Å². The zero-order chi connectivity index (χ0) is 20.0. The number of hydrogen-bond donors (Lipinski definition) is 1. The zero-order valence-corrected chi connectivity index (χ0v) is 17.4. The zero-order valence-electron chi connectivity index (χ0n) is 16.6. The third-order valence-electron chi connectivity index (χ3n) is 5.68. The van der Waals surface area contributed by atoms with E-state index in [9.17, 15) is 0 Å². The van der Waals surface area contributed by atoms with E-state index in [4.69, 9.17) is 21.6 Å². The summed E-state index contributed by atoms with van der Waals surface area (Å²) in [6, 6.07) is 9.94. The Morgan fingerprint density at radius 1 is 1.07 bits per heavy atom. The van der Waals surface area contributed by atoms with Crippen molar-refractivity contribution in [3.05, 3.63) is 63.9 Å². The van der Waals surface area contributed by atoms with Gasteiger partial charge in [-0.25, -0.2) is 9.98 Å². The van der Waals surface area contributed by atoms with Crippen LogP contribution in [0.2, 0.25) is 5.02 Å². The number of nitrogens with zero attached hydrogens (tertiary/aromatic N) is 5. The van der Waals surface area contributed by atoms with Crippen LogP contribution in [0.1, 0.15) is 18.1 Å². The second-order valence-corrected chi connectivity index (χ2v) is 8.14. The number of aliphatic imine (C=N–C) groups is 2. The minimum atomic E-state index is 0.669. The van der Waals surface area contributed by atoms with Crippen molar-refractivity contribution in [3.63, 3.8) is 0 Å². The maximum absolute atomic E-state index is 6.54. The van der Waals surface area contributed by atoms with Gasteiger partial charge < -0.3 is 15.1 Å². The lowest BCUT2D eigenvalue weighted by molar-refractivity contribution is 0.312. The number of pyridine rings is 1. The Morgan fingerprint density at radius 3 is 2.66 bits per heavy atom. The van der Waals surface area contributed by atoms with Crippen molar-refractivity contribution in [2.45, 2.75) is 6.92 Å². The molecule has 29 heavy (non-hydrogen) atoms. The first-order valence-corrected chi connectivity index (χ1v) is 10.3. The van der Waals surface area contributed by atoms with Gasteiger partial charge in [0.05, 0.1) is 17.9 Å². The number of nitrogens with one attached hydrogen (secondary N) is 1. The molecule has 0 spiro atoms. The van der Waals surface area contributed by atoms with E-state index >= 15 is 0 Å². The Balaban J connectivity index is 1.62. The van der Waals surface area contributed by atoms with Gasteiger partial charge in [-0.15, -0.1) is 0 Å². The van der Waals surface area contributed by atoms with Crippen LogP contribution in [0.5, 0.6) is 0 Å². The number of benzene rings is 1. The number of fused-ring (bicyclic) bond motifs is 2. The molecule has 3 aliphatic heterocycles. The molecule has 4 heterocycles. The van der Waals surface area contributed by atoms with Crippen molar-refractivity contribution < 1.29 is 0 Å². The normalized spacial score (nSPS) is 19.2. The smallest absolute Gasteiger partial charge is 0.152 e. The molecule has 0 radical (unpaired) electrons.